The highest BCUT2D eigenvalue weighted by Crippen LogP contribution is 2.58. The molecule has 298 valence electrons. The Hall–Kier alpha value is -7.20. The average Bonchev–Trinajstić information content (AvgIpc) is 3.94. The smallest absolute Gasteiger partial charge is 0.0719 e. The van der Waals surface area contributed by atoms with E-state index in [2.05, 4.69) is 219 Å². The molecule has 0 saturated heterocycles. The van der Waals surface area contributed by atoms with Gasteiger partial charge in [-0.15, -0.1) is 11.3 Å². The molecule has 2 aromatic heterocycles. The molecule has 1 aliphatic heterocycles. The summed E-state index contributed by atoms with van der Waals surface area (Å²) < 4.78 is 5.17. The number of rotatable bonds is 2. The number of thiophene rings is 1. The van der Waals surface area contributed by atoms with Gasteiger partial charge in [0.15, 0.2) is 0 Å². The fraction of sp³-hybridized carbons (Fsp3) is 0.100. The molecule has 12 aromatic rings. The van der Waals surface area contributed by atoms with Gasteiger partial charge in [0.25, 0.3) is 0 Å². The van der Waals surface area contributed by atoms with Gasteiger partial charge < -0.3 is 9.47 Å². The Kier molecular flexibility index (Phi) is 6.88. The second kappa shape index (κ2) is 12.2. The maximum atomic E-state index is 2.56. The highest BCUT2D eigenvalue weighted by Gasteiger charge is 2.42. The van der Waals surface area contributed by atoms with E-state index in [0.29, 0.717) is 0 Å². The first kappa shape index (κ1) is 35.4. The number of hydrogen-bond acceptors (Lipinski definition) is 2. The predicted octanol–water partition coefficient (Wildman–Crippen LogP) is 17.0. The number of para-hydroxylation sites is 2. The van der Waals surface area contributed by atoms with Gasteiger partial charge in [0, 0.05) is 48.4 Å². The first-order chi connectivity index (χ1) is 30.8. The van der Waals surface area contributed by atoms with Crippen LogP contribution in [0.4, 0.5) is 17.1 Å². The van der Waals surface area contributed by atoms with Crippen molar-refractivity contribution in [3.05, 3.63) is 204 Å². The molecule has 14 rings (SSSR count). The molecule has 0 spiro atoms. The fourth-order valence-corrected chi connectivity index (χ4v) is 13.1. The van der Waals surface area contributed by atoms with Crippen molar-refractivity contribution < 1.29 is 0 Å². The Morgan fingerprint density at radius 2 is 0.937 bits per heavy atom. The summed E-state index contributed by atoms with van der Waals surface area (Å²) in [7, 11) is 0. The number of nitrogens with zero attached hydrogens (tertiary/aromatic N) is 2. The number of aromatic nitrogens is 1. The lowest BCUT2D eigenvalue weighted by Gasteiger charge is -2.43. The largest absolute Gasteiger partial charge is 0.310 e. The SMILES string of the molecule is CC1(C)c2cc3c(cc2-c2cc4c5ccccc5c5ccccc5c4cc21)C(C)(C)c1ccccc1N3c1cccc(-n2c3ccccc3c3ccc4c5ccccc5sc4c32)c1. The molecule has 0 unspecified atom stereocenters. The van der Waals surface area contributed by atoms with Gasteiger partial charge in [-0.3, -0.25) is 0 Å². The average molecular weight is 823 g/mol. The van der Waals surface area contributed by atoms with Crippen LogP contribution in [0.3, 0.4) is 0 Å². The molecule has 0 radical (unpaired) electrons. The van der Waals surface area contributed by atoms with Crippen LogP contribution in [0.5, 0.6) is 0 Å². The molecule has 0 bridgehead atoms. The van der Waals surface area contributed by atoms with Gasteiger partial charge in [0.2, 0.25) is 0 Å². The van der Waals surface area contributed by atoms with E-state index in [-0.39, 0.29) is 10.8 Å². The molecule has 3 heterocycles. The normalized spacial score (nSPS) is 14.9. The maximum absolute atomic E-state index is 2.56. The van der Waals surface area contributed by atoms with Gasteiger partial charge in [-0.25, -0.2) is 0 Å². The second-order valence-electron chi connectivity index (χ2n) is 18.9. The Morgan fingerprint density at radius 1 is 0.365 bits per heavy atom. The van der Waals surface area contributed by atoms with E-state index in [4.69, 9.17) is 0 Å². The summed E-state index contributed by atoms with van der Waals surface area (Å²) >= 11 is 1.90. The lowest BCUT2D eigenvalue weighted by molar-refractivity contribution is 0.627. The van der Waals surface area contributed by atoms with Crippen molar-refractivity contribution >= 4 is 103 Å². The molecule has 0 amide bonds. The molecule has 0 N–H and O–H groups in total. The van der Waals surface area contributed by atoms with E-state index < -0.39 is 0 Å². The van der Waals surface area contributed by atoms with E-state index in [9.17, 15) is 0 Å². The monoisotopic (exact) mass is 822 g/mol. The van der Waals surface area contributed by atoms with Crippen LogP contribution < -0.4 is 4.90 Å². The third-order valence-corrected chi connectivity index (χ3v) is 16.1. The molecule has 0 saturated carbocycles. The van der Waals surface area contributed by atoms with Crippen LogP contribution >= 0.6 is 11.3 Å². The van der Waals surface area contributed by atoms with Crippen molar-refractivity contribution in [2.75, 3.05) is 4.90 Å². The summed E-state index contributed by atoms with van der Waals surface area (Å²) in [5, 5.41) is 13.1. The molecular weight excluding hydrogens is 781 g/mol. The molecule has 63 heavy (non-hydrogen) atoms. The van der Waals surface area contributed by atoms with Crippen molar-refractivity contribution in [1.82, 2.24) is 4.57 Å². The zero-order chi connectivity index (χ0) is 41.9. The molecular formula is C60H42N2S. The van der Waals surface area contributed by atoms with Gasteiger partial charge in [-0.1, -0.05) is 149 Å². The topological polar surface area (TPSA) is 8.17 Å². The van der Waals surface area contributed by atoms with Crippen LogP contribution in [0.1, 0.15) is 49.9 Å². The third kappa shape index (κ3) is 4.57. The third-order valence-electron chi connectivity index (χ3n) is 14.9. The Labute approximate surface area is 369 Å². The highest BCUT2D eigenvalue weighted by atomic mass is 32.1. The molecule has 2 aliphatic rings. The van der Waals surface area contributed by atoms with Crippen LogP contribution in [0, 0.1) is 0 Å². The summed E-state index contributed by atoms with van der Waals surface area (Å²) in [6.07, 6.45) is 0. The van der Waals surface area contributed by atoms with Crippen LogP contribution in [0.15, 0.2) is 182 Å². The Morgan fingerprint density at radius 3 is 1.71 bits per heavy atom. The van der Waals surface area contributed by atoms with Crippen molar-refractivity contribution in [3.8, 4) is 16.8 Å². The molecule has 1 aliphatic carbocycles. The number of hydrogen-bond donors (Lipinski definition) is 0. The minimum atomic E-state index is -0.235. The van der Waals surface area contributed by atoms with Crippen LogP contribution in [-0.2, 0) is 10.8 Å². The Bertz CT molecular complexity index is 3990. The molecule has 0 fully saturated rings. The summed E-state index contributed by atoms with van der Waals surface area (Å²) in [5.41, 5.74) is 15.0. The Balaban J connectivity index is 1.01. The van der Waals surface area contributed by atoms with Gasteiger partial charge in [-0.05, 0) is 126 Å². The minimum Gasteiger partial charge on any atom is -0.310 e. The number of benzene rings is 10. The van der Waals surface area contributed by atoms with Gasteiger partial charge >= 0.3 is 0 Å². The first-order valence-corrected chi connectivity index (χ1v) is 23.0. The summed E-state index contributed by atoms with van der Waals surface area (Å²) in [6.45, 7) is 9.70. The van der Waals surface area contributed by atoms with Crippen LogP contribution in [0.2, 0.25) is 0 Å². The first-order valence-electron chi connectivity index (χ1n) is 22.2. The molecule has 0 atom stereocenters. The summed E-state index contributed by atoms with van der Waals surface area (Å²) in [5.74, 6) is 0. The maximum Gasteiger partial charge on any atom is 0.0719 e. The molecule has 10 aromatic carbocycles. The minimum absolute atomic E-state index is 0.214. The number of anilines is 3. The van der Waals surface area contributed by atoms with E-state index in [1.807, 2.05) is 11.3 Å². The zero-order valence-corrected chi connectivity index (χ0v) is 36.4. The van der Waals surface area contributed by atoms with Gasteiger partial charge in [-0.2, -0.15) is 0 Å². The van der Waals surface area contributed by atoms with Crippen molar-refractivity contribution in [3.63, 3.8) is 0 Å². The number of fused-ring (bicyclic) bond motifs is 18. The summed E-state index contributed by atoms with van der Waals surface area (Å²) in [4.78, 5) is 2.55. The standard InChI is InChI=1S/C60H42N2S/c1-59(2)49-24-11-13-26-54(49)61(35-16-15-17-36(30-35)62-53-25-12-9-22-41(53)43-28-29-44-42-23-10-14-27-56(42)63-58(44)57(43)62)55-34-51-48(33-52(55)59)47-31-45-39-20-7-5-18-37(39)38-19-6-8-21-40(38)46(45)32-50(47)60(51,3)4/h5-34H,1-4H3. The predicted molar refractivity (Wildman–Crippen MR) is 271 cm³/mol. The fourth-order valence-electron chi connectivity index (χ4n) is 11.9. The molecule has 2 nitrogen and oxygen atoms in total. The molecule has 3 heteroatoms. The van der Waals surface area contributed by atoms with Crippen molar-refractivity contribution in [2.45, 2.75) is 38.5 Å². The lowest BCUT2D eigenvalue weighted by Crippen LogP contribution is -2.31. The quantitative estimate of drug-likeness (QED) is 0.158. The van der Waals surface area contributed by atoms with E-state index in [0.717, 1.165) is 11.4 Å². The summed E-state index contributed by atoms with van der Waals surface area (Å²) in [6, 6.07) is 68.9. The van der Waals surface area contributed by atoms with E-state index >= 15 is 0 Å². The van der Waals surface area contributed by atoms with Gasteiger partial charge in [0.05, 0.1) is 27.1 Å². The van der Waals surface area contributed by atoms with Crippen LogP contribution in [0.25, 0.3) is 91.1 Å². The second-order valence-corrected chi connectivity index (χ2v) is 19.9. The van der Waals surface area contributed by atoms with Gasteiger partial charge in [0.1, 0.15) is 0 Å². The van der Waals surface area contributed by atoms with E-state index in [1.54, 1.807) is 0 Å². The van der Waals surface area contributed by atoms with E-state index in [1.165, 1.54) is 119 Å². The lowest BCUT2D eigenvalue weighted by atomic mass is 9.72. The van der Waals surface area contributed by atoms with Crippen LogP contribution in [-0.4, -0.2) is 4.57 Å². The zero-order valence-electron chi connectivity index (χ0n) is 35.6. The highest BCUT2D eigenvalue weighted by molar-refractivity contribution is 7.26. The van der Waals surface area contributed by atoms with Crippen molar-refractivity contribution in [2.24, 2.45) is 0 Å². The van der Waals surface area contributed by atoms with Crippen molar-refractivity contribution in [1.29, 1.82) is 0 Å².